The highest BCUT2D eigenvalue weighted by Gasteiger charge is 2.27. The SMILES string of the molecule is C=c1c2c([nH]n3c4cnc5c(c4c4cc(-c6c(C7=CC=CCC7)cccc6-c6ccccc6)cc1c43)C(CCCC)C=C5)/C=C/CCCC2C. The fourth-order valence-corrected chi connectivity index (χ4v) is 9.02. The van der Waals surface area contributed by atoms with Gasteiger partial charge in [0.15, 0.2) is 0 Å². The van der Waals surface area contributed by atoms with Gasteiger partial charge in [-0.05, 0) is 118 Å². The first-order valence-electron chi connectivity index (χ1n) is 18.7. The van der Waals surface area contributed by atoms with Gasteiger partial charge < -0.3 is 0 Å². The normalized spacial score (nSPS) is 19.0. The lowest BCUT2D eigenvalue weighted by molar-refractivity contribution is 0.631. The van der Waals surface area contributed by atoms with Gasteiger partial charge in [-0.15, -0.1) is 0 Å². The van der Waals surface area contributed by atoms with Crippen molar-refractivity contribution in [2.45, 2.75) is 77.0 Å². The van der Waals surface area contributed by atoms with Crippen LogP contribution in [0.25, 0.3) is 73.7 Å². The number of unbranched alkanes of at least 4 members (excludes halogenated alkanes) is 1. The van der Waals surface area contributed by atoms with Crippen LogP contribution in [0.15, 0.2) is 97.2 Å². The van der Waals surface area contributed by atoms with Crippen LogP contribution >= 0.6 is 0 Å². The van der Waals surface area contributed by atoms with E-state index < -0.39 is 0 Å². The van der Waals surface area contributed by atoms with Gasteiger partial charge in [0.05, 0.1) is 28.6 Å². The van der Waals surface area contributed by atoms with Crippen molar-refractivity contribution < 1.29 is 0 Å². The molecule has 0 saturated heterocycles. The van der Waals surface area contributed by atoms with Crippen molar-refractivity contribution in [3.63, 3.8) is 0 Å². The monoisotopic (exact) mass is 651 g/mol. The van der Waals surface area contributed by atoms with Gasteiger partial charge in [0.2, 0.25) is 0 Å². The number of hydrogen-bond donors (Lipinski definition) is 1. The summed E-state index contributed by atoms with van der Waals surface area (Å²) in [5.41, 5.74) is 15.1. The van der Waals surface area contributed by atoms with Gasteiger partial charge in [0.1, 0.15) is 0 Å². The number of aromatic nitrogens is 3. The van der Waals surface area contributed by atoms with Crippen molar-refractivity contribution in [3.8, 4) is 22.3 Å². The van der Waals surface area contributed by atoms with E-state index in [1.165, 1.54) is 85.5 Å². The Morgan fingerprint density at radius 2 is 1.78 bits per heavy atom. The molecule has 0 bridgehead atoms. The van der Waals surface area contributed by atoms with E-state index in [1.54, 1.807) is 0 Å². The molecule has 0 spiro atoms. The lowest BCUT2D eigenvalue weighted by atomic mass is 9.84. The van der Waals surface area contributed by atoms with E-state index in [-0.39, 0.29) is 0 Å². The van der Waals surface area contributed by atoms with Crippen molar-refractivity contribution in [2.75, 3.05) is 0 Å². The summed E-state index contributed by atoms with van der Waals surface area (Å²) in [5, 5.41) is 8.90. The molecule has 3 aromatic carbocycles. The highest BCUT2D eigenvalue weighted by atomic mass is 15.2. The van der Waals surface area contributed by atoms with Gasteiger partial charge in [-0.3, -0.25) is 14.6 Å². The maximum Gasteiger partial charge on any atom is 0.0896 e. The lowest BCUT2D eigenvalue weighted by Crippen LogP contribution is -2.13. The van der Waals surface area contributed by atoms with E-state index in [4.69, 9.17) is 11.6 Å². The molecule has 3 aliphatic rings. The Hall–Kier alpha value is -5.15. The van der Waals surface area contributed by atoms with E-state index in [0.29, 0.717) is 11.8 Å². The maximum absolute atomic E-state index is 5.10. The van der Waals surface area contributed by atoms with Crippen molar-refractivity contribution in [3.05, 3.63) is 131 Å². The van der Waals surface area contributed by atoms with Gasteiger partial charge >= 0.3 is 0 Å². The Morgan fingerprint density at radius 1 is 0.920 bits per heavy atom. The van der Waals surface area contributed by atoms with Crippen LogP contribution in [0.5, 0.6) is 0 Å². The van der Waals surface area contributed by atoms with Crippen LogP contribution in [0.4, 0.5) is 0 Å². The second kappa shape index (κ2) is 12.6. The third kappa shape index (κ3) is 4.97. The Balaban J connectivity index is 1.46. The van der Waals surface area contributed by atoms with Gasteiger partial charge in [0, 0.05) is 22.1 Å². The minimum Gasteiger partial charge on any atom is -0.293 e. The number of hydrogen-bond acceptors (Lipinski definition) is 1. The first kappa shape index (κ1) is 30.9. The third-order valence-electron chi connectivity index (χ3n) is 11.5. The number of rotatable bonds is 6. The first-order chi connectivity index (χ1) is 24.6. The molecule has 3 heteroatoms. The van der Waals surface area contributed by atoms with E-state index in [1.807, 2.05) is 0 Å². The molecule has 3 heterocycles. The molecule has 0 fully saturated rings. The average Bonchev–Trinajstić information content (AvgIpc) is 3.67. The number of pyridine rings is 1. The molecule has 50 heavy (non-hydrogen) atoms. The predicted octanol–water partition coefficient (Wildman–Crippen LogP) is 12.3. The number of allylic oxidation sites excluding steroid dienone is 6. The molecule has 2 atom stereocenters. The minimum absolute atomic E-state index is 0.362. The average molecular weight is 652 g/mol. The van der Waals surface area contributed by atoms with Gasteiger partial charge in [-0.1, -0.05) is 112 Å². The topological polar surface area (TPSA) is 33.1 Å². The van der Waals surface area contributed by atoms with Crippen molar-refractivity contribution in [1.29, 1.82) is 0 Å². The number of H-pyrrole nitrogens is 1. The quantitative estimate of drug-likeness (QED) is 0.191. The molecule has 3 aromatic heterocycles. The van der Waals surface area contributed by atoms with Crippen molar-refractivity contribution >= 4 is 51.5 Å². The molecule has 3 nitrogen and oxygen atoms in total. The largest absolute Gasteiger partial charge is 0.293 e. The summed E-state index contributed by atoms with van der Waals surface area (Å²) >= 11 is 0. The van der Waals surface area contributed by atoms with Crippen LogP contribution in [0.2, 0.25) is 0 Å². The summed E-state index contributed by atoms with van der Waals surface area (Å²) in [6, 6.07) is 22.8. The first-order valence-corrected chi connectivity index (χ1v) is 18.7. The number of fused-ring (bicyclic) bond motifs is 6. The lowest BCUT2D eigenvalue weighted by Gasteiger charge is -2.20. The Kier molecular flexibility index (Phi) is 7.80. The summed E-state index contributed by atoms with van der Waals surface area (Å²) in [7, 11) is 0. The van der Waals surface area contributed by atoms with Crippen LogP contribution in [-0.2, 0) is 0 Å². The highest BCUT2D eigenvalue weighted by molar-refractivity contribution is 6.17. The van der Waals surface area contributed by atoms with Crippen LogP contribution < -0.4 is 5.22 Å². The number of aromatic amines is 1. The molecule has 0 radical (unpaired) electrons. The molecule has 1 N–H and O–H groups in total. The number of benzene rings is 3. The van der Waals surface area contributed by atoms with Crippen LogP contribution in [0.3, 0.4) is 0 Å². The summed E-state index contributed by atoms with van der Waals surface area (Å²) in [6.45, 7) is 9.61. The van der Waals surface area contributed by atoms with E-state index in [0.717, 1.165) is 54.2 Å². The van der Waals surface area contributed by atoms with Crippen LogP contribution in [0, 0.1) is 0 Å². The predicted molar refractivity (Wildman–Crippen MR) is 214 cm³/mol. The van der Waals surface area contributed by atoms with E-state index in [2.05, 4.69) is 133 Å². The van der Waals surface area contributed by atoms with Gasteiger partial charge in [-0.25, -0.2) is 0 Å². The fraction of sp³-hybridized carbons (Fsp3) is 0.255. The summed E-state index contributed by atoms with van der Waals surface area (Å²) in [6.07, 6.45) is 27.3. The molecule has 0 amide bonds. The van der Waals surface area contributed by atoms with Crippen molar-refractivity contribution in [2.24, 2.45) is 0 Å². The molecule has 248 valence electrons. The molecule has 6 aromatic rings. The molecular formula is C47H45N3. The van der Waals surface area contributed by atoms with E-state index in [9.17, 15) is 0 Å². The third-order valence-corrected chi connectivity index (χ3v) is 11.5. The molecule has 0 aliphatic heterocycles. The standard InChI is InChI=1S/C47H45N3/c1-4-5-17-34-25-26-40-45(34)46-39-28-35(44-36(32-18-10-7-11-19-32)22-15-23-37(44)33-20-12-8-13-21-33)27-38-31(3)43-30(2)16-9-6-14-24-41(43)49-50(47(38)39)42(46)29-48-40/h7-8,10-12,14-15,18-20,22-30,34,49H,3-6,9,13,16-17,21H2,1-2H3/b24-14+. The van der Waals surface area contributed by atoms with Gasteiger partial charge in [-0.2, -0.15) is 0 Å². The zero-order valence-electron chi connectivity index (χ0n) is 29.3. The van der Waals surface area contributed by atoms with E-state index >= 15 is 0 Å². The molecule has 3 aliphatic carbocycles. The summed E-state index contributed by atoms with van der Waals surface area (Å²) in [4.78, 5) is 5.10. The summed E-state index contributed by atoms with van der Waals surface area (Å²) in [5.74, 6) is 0.752. The molecule has 2 unspecified atom stereocenters. The highest BCUT2D eigenvalue weighted by Crippen LogP contribution is 2.46. The fourth-order valence-electron chi connectivity index (χ4n) is 9.02. The zero-order valence-corrected chi connectivity index (χ0v) is 29.3. The Bertz CT molecular complexity index is 2480. The van der Waals surface area contributed by atoms with Crippen LogP contribution in [0.1, 0.15) is 105 Å². The molecule has 0 saturated carbocycles. The van der Waals surface area contributed by atoms with Crippen LogP contribution in [-0.4, -0.2) is 14.6 Å². The van der Waals surface area contributed by atoms with Crippen molar-refractivity contribution in [1.82, 2.24) is 14.6 Å². The zero-order chi connectivity index (χ0) is 33.8. The van der Waals surface area contributed by atoms with Gasteiger partial charge in [0.25, 0.3) is 0 Å². The smallest absolute Gasteiger partial charge is 0.0896 e. The number of nitrogens with zero attached hydrogens (tertiary/aromatic N) is 2. The maximum atomic E-state index is 5.10. The second-order valence-electron chi connectivity index (χ2n) is 14.6. The molecule has 9 rings (SSSR count). The Labute approximate surface area is 295 Å². The molecular weight excluding hydrogens is 607 g/mol. The second-order valence-corrected chi connectivity index (χ2v) is 14.6. The minimum atomic E-state index is 0.362. The number of nitrogens with one attached hydrogen (secondary N) is 1. The Morgan fingerprint density at radius 3 is 2.62 bits per heavy atom. The summed E-state index contributed by atoms with van der Waals surface area (Å²) < 4.78 is 2.34.